The molecule has 8 heteroatoms. The Hall–Kier alpha value is -2.25. The first kappa shape index (κ1) is 23.9. The van der Waals surface area contributed by atoms with Gasteiger partial charge in [0.2, 0.25) is 0 Å². The van der Waals surface area contributed by atoms with Crippen LogP contribution in [0.2, 0.25) is 10.0 Å². The van der Waals surface area contributed by atoms with Crippen LogP contribution in [0.25, 0.3) is 11.0 Å². The summed E-state index contributed by atoms with van der Waals surface area (Å²) in [6.07, 6.45) is 1.84. The van der Waals surface area contributed by atoms with Gasteiger partial charge in [-0.25, -0.2) is 4.98 Å². The van der Waals surface area contributed by atoms with Crippen LogP contribution in [-0.4, -0.2) is 23.6 Å². The highest BCUT2D eigenvalue weighted by Crippen LogP contribution is 2.37. The number of fused-ring (bicyclic) bond motifs is 1. The van der Waals surface area contributed by atoms with E-state index >= 15 is 0 Å². The highest BCUT2D eigenvalue weighted by atomic mass is 79.9. The fourth-order valence-electron chi connectivity index (χ4n) is 3.57. The number of hydrogen-bond donors (Lipinski definition) is 2. The lowest BCUT2D eigenvalue weighted by atomic mass is 10.1. The summed E-state index contributed by atoms with van der Waals surface area (Å²) in [5.41, 5.74) is 4.00. The summed E-state index contributed by atoms with van der Waals surface area (Å²) >= 11 is 15.8. The van der Waals surface area contributed by atoms with E-state index in [-0.39, 0.29) is 0 Å². The molecular formula is C25H24BrCl2N3O2. The third-order valence-corrected chi connectivity index (χ3v) is 6.74. The second-order valence-electron chi connectivity index (χ2n) is 7.58. The molecule has 2 N–H and O–H groups in total. The molecule has 0 fully saturated rings. The van der Waals surface area contributed by atoms with Crippen LogP contribution in [0.3, 0.4) is 0 Å². The largest absolute Gasteiger partial charge is 0.493 e. The van der Waals surface area contributed by atoms with Gasteiger partial charge in [-0.1, -0.05) is 57.3 Å². The zero-order valence-electron chi connectivity index (χ0n) is 18.1. The molecule has 0 amide bonds. The number of H-pyrrole nitrogens is 1. The maximum Gasteiger partial charge on any atom is 0.167 e. The van der Waals surface area contributed by atoms with Crippen molar-refractivity contribution in [1.82, 2.24) is 15.3 Å². The number of ether oxygens (including phenoxy) is 2. The summed E-state index contributed by atoms with van der Waals surface area (Å²) in [7, 11) is 1.64. The van der Waals surface area contributed by atoms with Gasteiger partial charge in [0.15, 0.2) is 11.5 Å². The molecule has 0 aliphatic heterocycles. The van der Waals surface area contributed by atoms with Crippen molar-refractivity contribution in [1.29, 1.82) is 0 Å². The number of aromatic nitrogens is 2. The van der Waals surface area contributed by atoms with E-state index < -0.39 is 0 Å². The molecule has 0 bridgehead atoms. The third kappa shape index (κ3) is 6.01. The van der Waals surface area contributed by atoms with Gasteiger partial charge in [0.1, 0.15) is 12.4 Å². The molecular weight excluding hydrogens is 525 g/mol. The number of imidazole rings is 1. The Morgan fingerprint density at radius 2 is 1.91 bits per heavy atom. The summed E-state index contributed by atoms with van der Waals surface area (Å²) < 4.78 is 12.7. The Kier molecular flexibility index (Phi) is 8.15. The summed E-state index contributed by atoms with van der Waals surface area (Å²) in [6, 6.07) is 17.4. The van der Waals surface area contributed by atoms with Gasteiger partial charge in [-0.2, -0.15) is 0 Å². The lowest BCUT2D eigenvalue weighted by Crippen LogP contribution is -2.17. The third-order valence-electron chi connectivity index (χ3n) is 5.26. The van der Waals surface area contributed by atoms with Crippen LogP contribution in [0.15, 0.2) is 59.1 Å². The van der Waals surface area contributed by atoms with Crippen LogP contribution in [0.5, 0.6) is 11.5 Å². The van der Waals surface area contributed by atoms with E-state index in [1.54, 1.807) is 13.2 Å². The van der Waals surface area contributed by atoms with Crippen molar-refractivity contribution in [2.45, 2.75) is 26.0 Å². The molecule has 3 aromatic carbocycles. The smallest absolute Gasteiger partial charge is 0.167 e. The molecule has 1 heterocycles. The number of nitrogens with one attached hydrogen (secondary N) is 2. The Morgan fingerprint density at radius 3 is 2.70 bits per heavy atom. The van der Waals surface area contributed by atoms with Crippen molar-refractivity contribution in [3.63, 3.8) is 0 Å². The summed E-state index contributed by atoms with van der Waals surface area (Å²) in [5.74, 6) is 2.38. The first-order valence-electron chi connectivity index (χ1n) is 10.6. The number of rotatable bonds is 10. The second kappa shape index (κ2) is 11.3. The number of halogens is 3. The fourth-order valence-corrected chi connectivity index (χ4v) is 4.34. The van der Waals surface area contributed by atoms with E-state index in [4.69, 9.17) is 32.7 Å². The van der Waals surface area contributed by atoms with Gasteiger partial charge in [0, 0.05) is 23.0 Å². The number of benzene rings is 3. The maximum absolute atomic E-state index is 6.17. The van der Waals surface area contributed by atoms with E-state index in [2.05, 4.69) is 31.2 Å². The van der Waals surface area contributed by atoms with Crippen molar-refractivity contribution in [2.24, 2.45) is 0 Å². The molecule has 0 aliphatic carbocycles. The van der Waals surface area contributed by atoms with E-state index in [0.717, 1.165) is 51.8 Å². The molecule has 0 saturated heterocycles. The molecule has 172 valence electrons. The predicted molar refractivity (Wildman–Crippen MR) is 138 cm³/mol. The molecule has 4 rings (SSSR count). The summed E-state index contributed by atoms with van der Waals surface area (Å²) in [5, 5.41) is 4.53. The van der Waals surface area contributed by atoms with Crippen LogP contribution in [0.4, 0.5) is 0 Å². The van der Waals surface area contributed by atoms with Gasteiger partial charge in [-0.05, 0) is 54.9 Å². The summed E-state index contributed by atoms with van der Waals surface area (Å²) in [4.78, 5) is 8.02. The van der Waals surface area contributed by atoms with Gasteiger partial charge in [0.25, 0.3) is 0 Å². The van der Waals surface area contributed by atoms with E-state index in [9.17, 15) is 0 Å². The molecule has 0 saturated carbocycles. The highest BCUT2D eigenvalue weighted by molar-refractivity contribution is 9.10. The molecule has 0 spiro atoms. The lowest BCUT2D eigenvalue weighted by Gasteiger charge is -2.17. The number of aromatic amines is 1. The number of aryl methyl sites for hydroxylation is 1. The minimum Gasteiger partial charge on any atom is -0.493 e. The minimum absolute atomic E-state index is 0.350. The van der Waals surface area contributed by atoms with Crippen LogP contribution < -0.4 is 14.8 Å². The van der Waals surface area contributed by atoms with Gasteiger partial charge in [0.05, 0.1) is 28.2 Å². The highest BCUT2D eigenvalue weighted by Gasteiger charge is 2.15. The summed E-state index contributed by atoms with van der Waals surface area (Å²) in [6.45, 7) is 1.82. The number of hydrogen-bond acceptors (Lipinski definition) is 4. The number of methoxy groups -OCH3 is 1. The molecule has 4 aromatic rings. The SMILES string of the molecule is COc1ccc(Br)c(CNCCCc2nc3ccccc3[nH]2)c1OCc1ccc(Cl)c(Cl)c1. The van der Waals surface area contributed by atoms with E-state index in [0.29, 0.717) is 34.7 Å². The molecule has 0 aliphatic rings. The van der Waals surface area contributed by atoms with Crippen molar-refractivity contribution < 1.29 is 9.47 Å². The van der Waals surface area contributed by atoms with Gasteiger partial charge in [-0.15, -0.1) is 0 Å². The van der Waals surface area contributed by atoms with Crippen molar-refractivity contribution >= 4 is 50.2 Å². The predicted octanol–water partition coefficient (Wildman–Crippen LogP) is 6.94. The standard InChI is InChI=1S/C25H24BrCl2N3O2/c1-32-23-11-9-18(26)17(25(23)33-15-16-8-10-19(27)20(28)13-16)14-29-12-4-7-24-30-21-5-2-3-6-22(21)31-24/h2-3,5-6,8-11,13,29H,4,7,12,14-15H2,1H3,(H,30,31). The molecule has 0 radical (unpaired) electrons. The fraction of sp³-hybridized carbons (Fsp3) is 0.240. The monoisotopic (exact) mass is 547 g/mol. The number of nitrogens with zero attached hydrogens (tertiary/aromatic N) is 1. The number of para-hydroxylation sites is 2. The molecule has 5 nitrogen and oxygen atoms in total. The Balaban J connectivity index is 1.37. The van der Waals surface area contributed by atoms with Gasteiger partial charge >= 0.3 is 0 Å². The first-order valence-corrected chi connectivity index (χ1v) is 12.2. The minimum atomic E-state index is 0.350. The van der Waals surface area contributed by atoms with Crippen molar-refractivity contribution in [2.75, 3.05) is 13.7 Å². The first-order chi connectivity index (χ1) is 16.0. The zero-order chi connectivity index (χ0) is 23.2. The lowest BCUT2D eigenvalue weighted by molar-refractivity contribution is 0.280. The normalized spacial score (nSPS) is 11.2. The molecule has 1 aromatic heterocycles. The Morgan fingerprint density at radius 1 is 1.06 bits per heavy atom. The topological polar surface area (TPSA) is 59.2 Å². The second-order valence-corrected chi connectivity index (χ2v) is 9.24. The molecule has 0 unspecified atom stereocenters. The van der Waals surface area contributed by atoms with Gasteiger partial charge < -0.3 is 19.8 Å². The van der Waals surface area contributed by atoms with Crippen LogP contribution >= 0.6 is 39.1 Å². The average molecular weight is 549 g/mol. The van der Waals surface area contributed by atoms with Crippen LogP contribution in [0, 0.1) is 0 Å². The van der Waals surface area contributed by atoms with Gasteiger partial charge in [-0.3, -0.25) is 0 Å². The van der Waals surface area contributed by atoms with E-state index in [1.165, 1.54) is 0 Å². The molecule has 0 atom stereocenters. The van der Waals surface area contributed by atoms with Crippen molar-refractivity contribution in [3.05, 3.63) is 86.1 Å². The Labute approximate surface area is 211 Å². The van der Waals surface area contributed by atoms with Crippen LogP contribution in [0.1, 0.15) is 23.4 Å². The molecule has 33 heavy (non-hydrogen) atoms. The van der Waals surface area contributed by atoms with E-state index in [1.807, 2.05) is 48.5 Å². The average Bonchev–Trinajstić information content (AvgIpc) is 3.23. The maximum atomic E-state index is 6.17. The van der Waals surface area contributed by atoms with Crippen molar-refractivity contribution in [3.8, 4) is 11.5 Å². The Bertz CT molecular complexity index is 1210. The quantitative estimate of drug-likeness (QED) is 0.211. The van der Waals surface area contributed by atoms with Crippen LogP contribution in [-0.2, 0) is 19.6 Å². The zero-order valence-corrected chi connectivity index (χ0v) is 21.2.